The van der Waals surface area contributed by atoms with Gasteiger partial charge >= 0.3 is 0 Å². The van der Waals surface area contributed by atoms with Crippen LogP contribution in [-0.2, 0) is 9.59 Å². The topological polar surface area (TPSA) is 49.4 Å². The molecule has 2 rings (SSSR count). The van der Waals surface area contributed by atoms with E-state index >= 15 is 0 Å². The van der Waals surface area contributed by atoms with Crippen LogP contribution in [0.4, 0.5) is 5.69 Å². The van der Waals surface area contributed by atoms with Crippen molar-refractivity contribution in [3.05, 3.63) is 30.3 Å². The van der Waals surface area contributed by atoms with Gasteiger partial charge in [-0.05, 0) is 24.5 Å². The van der Waals surface area contributed by atoms with Gasteiger partial charge in [0.1, 0.15) is 0 Å². The molecule has 0 saturated carbocycles. The molecule has 2 amide bonds. The van der Waals surface area contributed by atoms with Crippen LogP contribution < -0.4 is 10.2 Å². The Bertz CT molecular complexity index is 471. The zero-order valence-electron chi connectivity index (χ0n) is 12.1. The molecule has 1 heterocycles. The van der Waals surface area contributed by atoms with E-state index in [2.05, 4.69) is 19.2 Å². The number of nitrogens with zero attached hydrogens (tertiary/aromatic N) is 1. The Morgan fingerprint density at radius 2 is 2.05 bits per heavy atom. The number of hydrogen-bond donors (Lipinski definition) is 1. The van der Waals surface area contributed by atoms with Gasteiger partial charge in [0, 0.05) is 25.2 Å². The van der Waals surface area contributed by atoms with E-state index < -0.39 is 0 Å². The van der Waals surface area contributed by atoms with E-state index in [1.54, 1.807) is 4.90 Å². The molecule has 0 bridgehead atoms. The number of benzene rings is 1. The van der Waals surface area contributed by atoms with E-state index in [4.69, 9.17) is 0 Å². The summed E-state index contributed by atoms with van der Waals surface area (Å²) in [5, 5.41) is 2.93. The first kappa shape index (κ1) is 14.6. The number of carbonyl (C=O) groups excluding carboxylic acids is 2. The van der Waals surface area contributed by atoms with Crippen molar-refractivity contribution in [2.45, 2.75) is 26.7 Å². The standard InChI is InChI=1S/C16H22N2O2/c1-12(2)8-9-17-16(20)13-10-15(19)18(11-13)14-6-4-3-5-7-14/h3-7,12-13H,8-11H2,1-2H3,(H,17,20)/t13-/m0/s1. The molecule has 1 atom stereocenters. The van der Waals surface area contributed by atoms with Crippen LogP contribution in [0.25, 0.3) is 0 Å². The molecule has 0 spiro atoms. The Balaban J connectivity index is 1.90. The summed E-state index contributed by atoms with van der Waals surface area (Å²) in [7, 11) is 0. The second kappa shape index (κ2) is 6.55. The lowest BCUT2D eigenvalue weighted by Crippen LogP contribution is -2.33. The predicted molar refractivity (Wildman–Crippen MR) is 79.4 cm³/mol. The van der Waals surface area contributed by atoms with Crippen LogP contribution >= 0.6 is 0 Å². The maximum atomic E-state index is 12.1. The Labute approximate surface area is 120 Å². The summed E-state index contributed by atoms with van der Waals surface area (Å²) in [4.78, 5) is 25.8. The molecule has 1 aliphatic rings. The van der Waals surface area contributed by atoms with Crippen LogP contribution in [-0.4, -0.2) is 24.9 Å². The second-order valence-corrected chi connectivity index (χ2v) is 5.71. The van der Waals surface area contributed by atoms with Gasteiger partial charge in [-0.2, -0.15) is 0 Å². The third kappa shape index (κ3) is 3.59. The van der Waals surface area contributed by atoms with Crippen molar-refractivity contribution in [2.75, 3.05) is 18.0 Å². The fourth-order valence-electron chi connectivity index (χ4n) is 2.37. The predicted octanol–water partition coefficient (Wildman–Crippen LogP) is 2.20. The van der Waals surface area contributed by atoms with Gasteiger partial charge in [-0.25, -0.2) is 0 Å². The van der Waals surface area contributed by atoms with Gasteiger partial charge in [0.15, 0.2) is 0 Å². The first-order valence-corrected chi connectivity index (χ1v) is 7.21. The molecule has 1 fully saturated rings. The summed E-state index contributed by atoms with van der Waals surface area (Å²) in [6, 6.07) is 9.52. The highest BCUT2D eigenvalue weighted by Gasteiger charge is 2.34. The quantitative estimate of drug-likeness (QED) is 0.895. The Kier molecular flexibility index (Phi) is 4.77. The average Bonchev–Trinajstić information content (AvgIpc) is 2.81. The first-order valence-electron chi connectivity index (χ1n) is 7.21. The normalized spacial score (nSPS) is 18.6. The molecule has 0 aliphatic carbocycles. The lowest BCUT2D eigenvalue weighted by Gasteiger charge is -2.16. The van der Waals surface area contributed by atoms with Gasteiger partial charge in [0.25, 0.3) is 0 Å². The second-order valence-electron chi connectivity index (χ2n) is 5.71. The molecule has 0 aromatic heterocycles. The smallest absolute Gasteiger partial charge is 0.227 e. The van der Waals surface area contributed by atoms with E-state index in [1.165, 1.54) is 0 Å². The minimum absolute atomic E-state index is 0.00238. The number of carbonyl (C=O) groups is 2. The van der Waals surface area contributed by atoms with Crippen LogP contribution in [0.1, 0.15) is 26.7 Å². The van der Waals surface area contributed by atoms with Crippen LogP contribution in [0.2, 0.25) is 0 Å². The third-order valence-corrected chi connectivity index (χ3v) is 3.58. The van der Waals surface area contributed by atoms with E-state index in [1.807, 2.05) is 30.3 Å². The molecule has 1 aromatic rings. The van der Waals surface area contributed by atoms with Crippen molar-refractivity contribution in [3.8, 4) is 0 Å². The molecular weight excluding hydrogens is 252 g/mol. The number of hydrogen-bond acceptors (Lipinski definition) is 2. The number of para-hydroxylation sites is 1. The van der Waals surface area contributed by atoms with Crippen molar-refractivity contribution in [3.63, 3.8) is 0 Å². The van der Waals surface area contributed by atoms with E-state index in [0.29, 0.717) is 25.4 Å². The molecule has 108 valence electrons. The summed E-state index contributed by atoms with van der Waals surface area (Å²) >= 11 is 0. The minimum Gasteiger partial charge on any atom is -0.356 e. The highest BCUT2D eigenvalue weighted by atomic mass is 16.2. The summed E-state index contributed by atoms with van der Waals surface area (Å²) in [5.41, 5.74) is 0.870. The van der Waals surface area contributed by atoms with Crippen molar-refractivity contribution >= 4 is 17.5 Å². The molecule has 4 nitrogen and oxygen atoms in total. The zero-order chi connectivity index (χ0) is 14.5. The van der Waals surface area contributed by atoms with Crippen LogP contribution in [0.5, 0.6) is 0 Å². The molecule has 1 saturated heterocycles. The molecule has 1 N–H and O–H groups in total. The van der Waals surface area contributed by atoms with E-state index in [-0.39, 0.29) is 17.7 Å². The largest absolute Gasteiger partial charge is 0.356 e. The maximum absolute atomic E-state index is 12.1. The summed E-state index contributed by atoms with van der Waals surface area (Å²) in [6.07, 6.45) is 1.28. The zero-order valence-corrected chi connectivity index (χ0v) is 12.1. The van der Waals surface area contributed by atoms with Gasteiger partial charge in [-0.3, -0.25) is 9.59 Å². The number of amides is 2. The number of rotatable bonds is 5. The fraction of sp³-hybridized carbons (Fsp3) is 0.500. The van der Waals surface area contributed by atoms with Crippen molar-refractivity contribution in [1.29, 1.82) is 0 Å². The lowest BCUT2D eigenvalue weighted by atomic mass is 10.1. The van der Waals surface area contributed by atoms with Gasteiger partial charge in [0.05, 0.1) is 5.92 Å². The van der Waals surface area contributed by atoms with Crippen molar-refractivity contribution in [1.82, 2.24) is 5.32 Å². The Morgan fingerprint density at radius 1 is 1.35 bits per heavy atom. The van der Waals surface area contributed by atoms with Crippen LogP contribution in [0.3, 0.4) is 0 Å². The highest BCUT2D eigenvalue weighted by molar-refractivity contribution is 6.00. The highest BCUT2D eigenvalue weighted by Crippen LogP contribution is 2.24. The summed E-state index contributed by atoms with van der Waals surface area (Å²) in [5.74, 6) is 0.369. The lowest BCUT2D eigenvalue weighted by molar-refractivity contribution is -0.126. The Morgan fingerprint density at radius 3 is 2.70 bits per heavy atom. The maximum Gasteiger partial charge on any atom is 0.227 e. The van der Waals surface area contributed by atoms with Gasteiger partial charge in [-0.15, -0.1) is 0 Å². The van der Waals surface area contributed by atoms with Crippen molar-refractivity contribution < 1.29 is 9.59 Å². The molecule has 20 heavy (non-hydrogen) atoms. The van der Waals surface area contributed by atoms with Crippen LogP contribution in [0.15, 0.2) is 30.3 Å². The van der Waals surface area contributed by atoms with Crippen molar-refractivity contribution in [2.24, 2.45) is 11.8 Å². The molecule has 0 unspecified atom stereocenters. The first-order chi connectivity index (χ1) is 9.58. The average molecular weight is 274 g/mol. The van der Waals surface area contributed by atoms with Gasteiger partial charge in [-0.1, -0.05) is 32.0 Å². The minimum atomic E-state index is -0.227. The van der Waals surface area contributed by atoms with E-state index in [0.717, 1.165) is 12.1 Å². The Hall–Kier alpha value is -1.84. The van der Waals surface area contributed by atoms with Gasteiger partial charge in [0.2, 0.25) is 11.8 Å². The number of nitrogens with one attached hydrogen (secondary N) is 1. The SMILES string of the molecule is CC(C)CCNC(=O)[C@H]1CC(=O)N(c2ccccc2)C1. The summed E-state index contributed by atoms with van der Waals surface area (Å²) in [6.45, 7) is 5.42. The molecular formula is C16H22N2O2. The molecule has 1 aromatic carbocycles. The van der Waals surface area contributed by atoms with Gasteiger partial charge < -0.3 is 10.2 Å². The summed E-state index contributed by atoms with van der Waals surface area (Å²) < 4.78 is 0. The number of anilines is 1. The fourth-order valence-corrected chi connectivity index (χ4v) is 2.37. The monoisotopic (exact) mass is 274 g/mol. The van der Waals surface area contributed by atoms with E-state index in [9.17, 15) is 9.59 Å². The molecule has 0 radical (unpaired) electrons. The molecule has 4 heteroatoms. The molecule has 1 aliphatic heterocycles. The van der Waals surface area contributed by atoms with Crippen LogP contribution in [0, 0.1) is 11.8 Å². The third-order valence-electron chi connectivity index (χ3n) is 3.58.